The smallest absolute Gasteiger partial charge is 0.299 e. The van der Waals surface area contributed by atoms with Crippen LogP contribution in [0.15, 0.2) is 12.1 Å². The van der Waals surface area contributed by atoms with E-state index in [2.05, 4.69) is 0 Å². The molecule has 0 unspecified atom stereocenters. The van der Waals surface area contributed by atoms with Gasteiger partial charge in [0.05, 0.1) is 16.2 Å². The zero-order chi connectivity index (χ0) is 12.0. The number of anilines is 1. The highest BCUT2D eigenvalue weighted by molar-refractivity contribution is 6.55. The molecule has 1 aromatic carbocycles. The summed E-state index contributed by atoms with van der Waals surface area (Å²) in [7, 11) is 1.41. The highest BCUT2D eigenvalue weighted by Gasteiger charge is 2.38. The molecule has 1 heterocycles. The molecule has 0 aromatic heterocycles. The van der Waals surface area contributed by atoms with Crippen molar-refractivity contribution in [2.45, 2.75) is 0 Å². The number of benzene rings is 1. The third-order valence-corrected chi connectivity index (χ3v) is 2.77. The standard InChI is InChI=1S/C9H5ClN2O4/c1-11-4-2-3-5(12(15)16)7(10)6(4)8(13)9(11)14/h2-3H,1H3. The molecule has 0 aliphatic carbocycles. The van der Waals surface area contributed by atoms with Crippen molar-refractivity contribution in [3.8, 4) is 0 Å². The second-order valence-electron chi connectivity index (χ2n) is 3.24. The maximum absolute atomic E-state index is 11.5. The molecule has 16 heavy (non-hydrogen) atoms. The summed E-state index contributed by atoms with van der Waals surface area (Å²) in [5.41, 5.74) is -0.175. The molecule has 0 atom stereocenters. The first-order chi connectivity index (χ1) is 7.45. The number of likely N-dealkylation sites (N-methyl/N-ethyl adjacent to an activating group) is 1. The van der Waals surface area contributed by atoms with Crippen LogP contribution in [0.5, 0.6) is 0 Å². The van der Waals surface area contributed by atoms with Crippen molar-refractivity contribution in [3.05, 3.63) is 32.8 Å². The quantitative estimate of drug-likeness (QED) is 0.422. The summed E-state index contributed by atoms with van der Waals surface area (Å²) in [6, 6.07) is 2.51. The second kappa shape index (κ2) is 3.28. The Labute approximate surface area is 94.6 Å². The van der Waals surface area contributed by atoms with Gasteiger partial charge in [-0.25, -0.2) is 0 Å². The summed E-state index contributed by atoms with van der Waals surface area (Å²) < 4.78 is 0. The Kier molecular flexibility index (Phi) is 2.16. The van der Waals surface area contributed by atoms with Crippen molar-refractivity contribution >= 4 is 34.7 Å². The number of nitro benzene ring substituents is 1. The van der Waals surface area contributed by atoms with Crippen molar-refractivity contribution in [3.63, 3.8) is 0 Å². The Morgan fingerprint density at radius 1 is 1.38 bits per heavy atom. The molecular formula is C9H5ClN2O4. The van der Waals surface area contributed by atoms with E-state index in [1.165, 1.54) is 19.2 Å². The van der Waals surface area contributed by atoms with Gasteiger partial charge in [0.25, 0.3) is 17.4 Å². The van der Waals surface area contributed by atoms with Gasteiger partial charge >= 0.3 is 0 Å². The van der Waals surface area contributed by atoms with E-state index in [1.807, 2.05) is 0 Å². The molecule has 0 saturated carbocycles. The first-order valence-electron chi connectivity index (χ1n) is 4.24. The number of amides is 1. The number of fused-ring (bicyclic) bond motifs is 1. The lowest BCUT2D eigenvalue weighted by Crippen LogP contribution is -2.24. The molecule has 0 radical (unpaired) electrons. The Bertz CT molecular complexity index is 541. The number of carbonyl (C=O) groups excluding carboxylic acids is 2. The predicted octanol–water partition coefficient (Wildman–Crippen LogP) is 1.41. The van der Waals surface area contributed by atoms with Crippen LogP contribution in [0.1, 0.15) is 10.4 Å². The van der Waals surface area contributed by atoms with Gasteiger partial charge in [0.2, 0.25) is 0 Å². The fraction of sp³-hybridized carbons (Fsp3) is 0.111. The molecule has 6 nitrogen and oxygen atoms in total. The van der Waals surface area contributed by atoms with Crippen LogP contribution < -0.4 is 4.90 Å². The lowest BCUT2D eigenvalue weighted by atomic mass is 10.1. The van der Waals surface area contributed by atoms with Crippen molar-refractivity contribution < 1.29 is 14.5 Å². The highest BCUT2D eigenvalue weighted by atomic mass is 35.5. The van der Waals surface area contributed by atoms with Gasteiger partial charge in [-0.1, -0.05) is 11.6 Å². The molecule has 0 fully saturated rings. The van der Waals surface area contributed by atoms with Crippen molar-refractivity contribution in [1.29, 1.82) is 0 Å². The molecule has 0 N–H and O–H groups in total. The van der Waals surface area contributed by atoms with E-state index in [0.717, 1.165) is 4.90 Å². The van der Waals surface area contributed by atoms with Crippen LogP contribution in [0.2, 0.25) is 5.02 Å². The second-order valence-corrected chi connectivity index (χ2v) is 3.62. The highest BCUT2D eigenvalue weighted by Crippen LogP contribution is 2.38. The topological polar surface area (TPSA) is 80.5 Å². The lowest BCUT2D eigenvalue weighted by Gasteiger charge is -2.08. The van der Waals surface area contributed by atoms with E-state index in [0.29, 0.717) is 5.69 Å². The van der Waals surface area contributed by atoms with Crippen LogP contribution in [-0.4, -0.2) is 23.7 Å². The molecule has 1 aliphatic rings. The number of halogens is 1. The Morgan fingerprint density at radius 2 is 2.00 bits per heavy atom. The maximum atomic E-state index is 11.5. The Morgan fingerprint density at radius 3 is 2.56 bits per heavy atom. The van der Waals surface area contributed by atoms with Gasteiger partial charge in [-0.05, 0) is 6.07 Å². The number of nitrogens with zero attached hydrogens (tertiary/aromatic N) is 2. The number of Topliss-reactive ketones (excluding diaryl/α,β-unsaturated/α-hetero) is 1. The van der Waals surface area contributed by atoms with Crippen LogP contribution in [0.25, 0.3) is 0 Å². The first kappa shape index (κ1) is 10.6. The molecule has 0 spiro atoms. The van der Waals surface area contributed by atoms with Crippen LogP contribution >= 0.6 is 11.6 Å². The Hall–Kier alpha value is -1.95. The van der Waals surface area contributed by atoms with Gasteiger partial charge in [0.1, 0.15) is 5.02 Å². The molecule has 82 valence electrons. The van der Waals surface area contributed by atoms with Crippen molar-refractivity contribution in [2.75, 3.05) is 11.9 Å². The first-order valence-corrected chi connectivity index (χ1v) is 4.62. The minimum Gasteiger partial charge on any atom is -0.308 e. The number of ketones is 1. The van der Waals surface area contributed by atoms with Crippen LogP contribution in [0, 0.1) is 10.1 Å². The summed E-state index contributed by atoms with van der Waals surface area (Å²) in [6.07, 6.45) is 0. The van der Waals surface area contributed by atoms with Gasteiger partial charge in [-0.3, -0.25) is 19.7 Å². The minimum atomic E-state index is -0.814. The maximum Gasteiger partial charge on any atom is 0.299 e. The third kappa shape index (κ3) is 1.20. The van der Waals surface area contributed by atoms with Crippen LogP contribution in [0.4, 0.5) is 11.4 Å². The van der Waals surface area contributed by atoms with Gasteiger partial charge in [-0.2, -0.15) is 0 Å². The van der Waals surface area contributed by atoms with E-state index < -0.39 is 16.6 Å². The van der Waals surface area contributed by atoms with Crippen LogP contribution in [0.3, 0.4) is 0 Å². The normalized spacial score (nSPS) is 14.2. The van der Waals surface area contributed by atoms with Gasteiger partial charge in [-0.15, -0.1) is 0 Å². The molecule has 0 saturated heterocycles. The van der Waals surface area contributed by atoms with E-state index in [-0.39, 0.29) is 16.3 Å². The van der Waals surface area contributed by atoms with Gasteiger partial charge in [0.15, 0.2) is 0 Å². The summed E-state index contributed by atoms with van der Waals surface area (Å²) in [6.45, 7) is 0. The molecule has 1 aliphatic heterocycles. The average molecular weight is 241 g/mol. The fourth-order valence-electron chi connectivity index (χ4n) is 1.56. The molecule has 7 heteroatoms. The fourth-order valence-corrected chi connectivity index (χ4v) is 1.87. The molecule has 0 bridgehead atoms. The Balaban J connectivity index is 2.74. The predicted molar refractivity (Wildman–Crippen MR) is 55.8 cm³/mol. The summed E-state index contributed by atoms with van der Waals surface area (Å²) >= 11 is 5.73. The largest absolute Gasteiger partial charge is 0.308 e. The van der Waals surface area contributed by atoms with E-state index in [9.17, 15) is 19.7 Å². The lowest BCUT2D eigenvalue weighted by molar-refractivity contribution is -0.384. The average Bonchev–Trinajstić information content (AvgIpc) is 2.44. The third-order valence-electron chi connectivity index (χ3n) is 2.38. The van der Waals surface area contributed by atoms with Gasteiger partial charge in [0, 0.05) is 13.1 Å². The monoisotopic (exact) mass is 240 g/mol. The van der Waals surface area contributed by atoms with E-state index in [1.54, 1.807) is 0 Å². The van der Waals surface area contributed by atoms with Crippen LogP contribution in [-0.2, 0) is 4.79 Å². The number of hydrogen-bond acceptors (Lipinski definition) is 4. The minimum absolute atomic E-state index is 0.0941. The van der Waals surface area contributed by atoms with Gasteiger partial charge < -0.3 is 4.90 Å². The zero-order valence-corrected chi connectivity index (χ0v) is 8.82. The number of hydrogen-bond donors (Lipinski definition) is 0. The zero-order valence-electron chi connectivity index (χ0n) is 8.06. The number of carbonyl (C=O) groups is 2. The molecule has 2 rings (SSSR count). The molecular weight excluding hydrogens is 236 g/mol. The number of rotatable bonds is 1. The van der Waals surface area contributed by atoms with Crippen molar-refractivity contribution in [1.82, 2.24) is 0 Å². The summed E-state index contributed by atoms with van der Waals surface area (Å²) in [5.74, 6) is -1.55. The molecule has 1 amide bonds. The van der Waals surface area contributed by atoms with E-state index >= 15 is 0 Å². The SMILES string of the molecule is CN1C(=O)C(=O)c2c1ccc([N+](=O)[O-])c2Cl. The molecule has 1 aromatic rings. The number of nitro groups is 1. The van der Waals surface area contributed by atoms with E-state index in [4.69, 9.17) is 11.6 Å². The van der Waals surface area contributed by atoms with Crippen molar-refractivity contribution in [2.24, 2.45) is 0 Å². The summed E-state index contributed by atoms with van der Waals surface area (Å²) in [5, 5.41) is 10.3. The summed E-state index contributed by atoms with van der Waals surface area (Å²) in [4.78, 5) is 33.9.